The number of anilines is 1. The van der Waals surface area contributed by atoms with Crippen LogP contribution in [0.4, 0.5) is 18.9 Å². The first-order valence-electron chi connectivity index (χ1n) is 7.31. The summed E-state index contributed by atoms with van der Waals surface area (Å²) in [7, 11) is 0. The van der Waals surface area contributed by atoms with E-state index in [9.17, 15) is 18.0 Å². The van der Waals surface area contributed by atoms with Crippen molar-refractivity contribution in [1.29, 1.82) is 0 Å². The van der Waals surface area contributed by atoms with E-state index in [1.165, 1.54) is 0 Å². The third kappa shape index (κ3) is 3.65. The number of hydrazine groups is 1. The molecule has 1 heterocycles. The summed E-state index contributed by atoms with van der Waals surface area (Å²) >= 11 is 6.07. The molecular weight excluding hydrogens is 371 g/mol. The number of hydrogen-bond acceptors (Lipinski definition) is 4. The van der Waals surface area contributed by atoms with Crippen molar-refractivity contribution in [2.45, 2.75) is 0 Å². The lowest BCUT2D eigenvalue weighted by Gasteiger charge is -2.12. The Morgan fingerprint density at radius 1 is 1.12 bits per heavy atom. The van der Waals surface area contributed by atoms with Crippen LogP contribution in [0.1, 0.15) is 0 Å². The van der Waals surface area contributed by atoms with Crippen molar-refractivity contribution in [2.75, 3.05) is 12.0 Å². The maximum atomic E-state index is 13.5. The number of aromatic nitrogens is 1. The van der Waals surface area contributed by atoms with Gasteiger partial charge in [-0.3, -0.25) is 20.6 Å². The van der Waals surface area contributed by atoms with Crippen molar-refractivity contribution in [3.63, 3.8) is 0 Å². The van der Waals surface area contributed by atoms with Crippen LogP contribution in [0.3, 0.4) is 0 Å². The van der Waals surface area contributed by atoms with E-state index < -0.39 is 35.7 Å². The molecule has 3 rings (SSSR count). The van der Waals surface area contributed by atoms with Crippen LogP contribution in [0.15, 0.2) is 42.6 Å². The number of halogens is 4. The molecule has 0 atom stereocenters. The molecule has 0 fully saturated rings. The molecule has 0 saturated heterocycles. The van der Waals surface area contributed by atoms with Gasteiger partial charge in [-0.05, 0) is 36.4 Å². The van der Waals surface area contributed by atoms with Crippen LogP contribution in [-0.2, 0) is 4.79 Å². The Morgan fingerprint density at radius 2 is 1.92 bits per heavy atom. The average Bonchev–Trinajstić information content (AvgIpc) is 2.65. The second-order valence-corrected chi connectivity index (χ2v) is 5.54. The van der Waals surface area contributed by atoms with Gasteiger partial charge >= 0.3 is 0 Å². The summed E-state index contributed by atoms with van der Waals surface area (Å²) in [5, 5.41) is 1.15. The van der Waals surface area contributed by atoms with Crippen LogP contribution in [0.2, 0.25) is 5.02 Å². The maximum absolute atomic E-state index is 13.5. The number of pyridine rings is 1. The van der Waals surface area contributed by atoms with Crippen molar-refractivity contribution in [3.8, 4) is 5.75 Å². The average molecular weight is 382 g/mol. The zero-order chi connectivity index (χ0) is 18.7. The monoisotopic (exact) mass is 381 g/mol. The summed E-state index contributed by atoms with van der Waals surface area (Å²) in [5.74, 6) is -4.75. The number of ether oxygens (including phenoxy) is 1. The van der Waals surface area contributed by atoms with Gasteiger partial charge in [0.25, 0.3) is 5.91 Å². The van der Waals surface area contributed by atoms with Gasteiger partial charge in [0.1, 0.15) is 11.3 Å². The van der Waals surface area contributed by atoms with Crippen molar-refractivity contribution in [1.82, 2.24) is 10.4 Å². The summed E-state index contributed by atoms with van der Waals surface area (Å²) < 4.78 is 44.9. The number of benzene rings is 2. The van der Waals surface area contributed by atoms with Gasteiger partial charge in [0, 0.05) is 11.6 Å². The molecule has 1 amide bonds. The zero-order valence-electron chi connectivity index (χ0n) is 13.0. The number of amides is 1. The lowest BCUT2D eigenvalue weighted by atomic mass is 10.2. The van der Waals surface area contributed by atoms with Crippen molar-refractivity contribution >= 4 is 34.1 Å². The maximum Gasteiger partial charge on any atom is 0.276 e. The highest BCUT2D eigenvalue weighted by molar-refractivity contribution is 6.35. The summed E-state index contributed by atoms with van der Waals surface area (Å²) in [6.45, 7) is -0.425. The summed E-state index contributed by atoms with van der Waals surface area (Å²) in [6.07, 6.45) is 1.55. The smallest absolute Gasteiger partial charge is 0.276 e. The van der Waals surface area contributed by atoms with Crippen LogP contribution >= 0.6 is 11.6 Å². The first-order valence-corrected chi connectivity index (χ1v) is 7.69. The van der Waals surface area contributed by atoms with Gasteiger partial charge in [-0.2, -0.15) is 0 Å². The van der Waals surface area contributed by atoms with Gasteiger partial charge < -0.3 is 4.74 Å². The second-order valence-electron chi connectivity index (χ2n) is 5.13. The Balaban J connectivity index is 1.64. The predicted molar refractivity (Wildman–Crippen MR) is 90.3 cm³/mol. The summed E-state index contributed by atoms with van der Waals surface area (Å²) in [4.78, 5) is 16.0. The Hall–Kier alpha value is -3.00. The van der Waals surface area contributed by atoms with Crippen LogP contribution in [0, 0.1) is 17.5 Å². The quantitative estimate of drug-likeness (QED) is 0.521. The first kappa shape index (κ1) is 17.8. The Kier molecular flexibility index (Phi) is 5.13. The molecule has 9 heteroatoms. The highest BCUT2D eigenvalue weighted by atomic mass is 35.5. The lowest BCUT2D eigenvalue weighted by molar-refractivity contribution is -0.122. The fourth-order valence-electron chi connectivity index (χ4n) is 2.17. The first-order chi connectivity index (χ1) is 12.5. The Labute approximate surface area is 150 Å². The van der Waals surface area contributed by atoms with E-state index in [0.717, 1.165) is 12.1 Å². The summed E-state index contributed by atoms with van der Waals surface area (Å²) in [5.41, 5.74) is 4.35. The Morgan fingerprint density at radius 3 is 2.73 bits per heavy atom. The van der Waals surface area contributed by atoms with E-state index in [1.54, 1.807) is 30.5 Å². The predicted octanol–water partition coefficient (Wildman–Crippen LogP) is 3.83. The van der Waals surface area contributed by atoms with Gasteiger partial charge in [-0.25, -0.2) is 13.2 Å². The van der Waals surface area contributed by atoms with E-state index in [4.69, 9.17) is 16.3 Å². The standard InChI is InChI=1S/C17H11ClF3N3O2/c18-10-3-6-13(17-9(10)2-1-7-22-17)26-8-14(25)24-23-12-5-4-11(19)15(20)16(12)21/h1-7,23H,8H2,(H,24,25). The van der Waals surface area contributed by atoms with E-state index in [-0.39, 0.29) is 0 Å². The fourth-order valence-corrected chi connectivity index (χ4v) is 2.38. The molecule has 0 saturated carbocycles. The molecule has 2 N–H and O–H groups in total. The van der Waals surface area contributed by atoms with Crippen LogP contribution < -0.4 is 15.6 Å². The molecule has 0 unspecified atom stereocenters. The third-order valence-corrected chi connectivity index (χ3v) is 3.74. The van der Waals surface area contributed by atoms with Gasteiger partial charge in [0.15, 0.2) is 24.1 Å². The largest absolute Gasteiger partial charge is 0.481 e. The van der Waals surface area contributed by atoms with Crippen molar-refractivity contribution in [2.24, 2.45) is 0 Å². The lowest BCUT2D eigenvalue weighted by Crippen LogP contribution is -2.34. The SMILES string of the molecule is O=C(COc1ccc(Cl)c2cccnc12)NNc1ccc(F)c(F)c1F. The Bertz CT molecular complexity index is 985. The minimum atomic E-state index is -1.64. The van der Waals surface area contributed by atoms with Crippen molar-refractivity contribution in [3.05, 3.63) is 65.1 Å². The molecule has 5 nitrogen and oxygen atoms in total. The molecule has 0 aliphatic rings. The highest BCUT2D eigenvalue weighted by Gasteiger charge is 2.14. The minimum Gasteiger partial charge on any atom is -0.481 e. The molecule has 26 heavy (non-hydrogen) atoms. The molecular formula is C17H11ClF3N3O2. The molecule has 3 aromatic rings. The molecule has 2 aromatic carbocycles. The number of rotatable bonds is 5. The summed E-state index contributed by atoms with van der Waals surface area (Å²) in [6, 6.07) is 8.32. The molecule has 0 spiro atoms. The van der Waals surface area contributed by atoms with E-state index in [2.05, 4.69) is 15.8 Å². The number of nitrogens with zero attached hydrogens (tertiary/aromatic N) is 1. The number of fused-ring (bicyclic) bond motifs is 1. The minimum absolute atomic E-state index is 0.333. The van der Waals surface area contributed by atoms with Crippen LogP contribution in [0.25, 0.3) is 10.9 Å². The zero-order valence-corrected chi connectivity index (χ0v) is 13.8. The number of carbonyl (C=O) groups excluding carboxylic acids is 1. The van der Waals surface area contributed by atoms with E-state index in [0.29, 0.717) is 21.7 Å². The van der Waals surface area contributed by atoms with Gasteiger partial charge in [-0.1, -0.05) is 11.6 Å². The number of nitrogens with one attached hydrogen (secondary N) is 2. The normalized spacial score (nSPS) is 10.6. The van der Waals surface area contributed by atoms with E-state index >= 15 is 0 Å². The fraction of sp³-hybridized carbons (Fsp3) is 0.0588. The van der Waals surface area contributed by atoms with Gasteiger partial charge in [0.05, 0.1) is 10.7 Å². The molecule has 0 aliphatic heterocycles. The van der Waals surface area contributed by atoms with Gasteiger partial charge in [-0.15, -0.1) is 0 Å². The van der Waals surface area contributed by atoms with E-state index in [1.807, 2.05) is 0 Å². The molecule has 1 aromatic heterocycles. The van der Waals surface area contributed by atoms with Crippen molar-refractivity contribution < 1.29 is 22.7 Å². The molecule has 0 bridgehead atoms. The molecule has 134 valence electrons. The number of hydrogen-bond donors (Lipinski definition) is 2. The molecule has 0 radical (unpaired) electrons. The molecule has 0 aliphatic carbocycles. The highest BCUT2D eigenvalue weighted by Crippen LogP contribution is 2.29. The van der Waals surface area contributed by atoms with Crippen LogP contribution in [0.5, 0.6) is 5.75 Å². The topological polar surface area (TPSA) is 63.2 Å². The van der Waals surface area contributed by atoms with Gasteiger partial charge in [0.2, 0.25) is 0 Å². The number of carbonyl (C=O) groups is 1. The second kappa shape index (κ2) is 7.49. The third-order valence-electron chi connectivity index (χ3n) is 3.41. The van der Waals surface area contributed by atoms with Crippen LogP contribution in [-0.4, -0.2) is 17.5 Å².